The van der Waals surface area contributed by atoms with Crippen molar-refractivity contribution >= 4 is 15.9 Å². The van der Waals surface area contributed by atoms with Crippen molar-refractivity contribution in [1.82, 2.24) is 5.32 Å². The molecule has 0 aromatic heterocycles. The molecule has 1 atom stereocenters. The van der Waals surface area contributed by atoms with Crippen LogP contribution < -0.4 is 5.32 Å². The first-order valence-electron chi connectivity index (χ1n) is 4.32. The van der Waals surface area contributed by atoms with E-state index in [9.17, 15) is 4.39 Å². The molecule has 1 N–H and O–H groups in total. The molecule has 1 nitrogen and oxygen atoms in total. The highest BCUT2D eigenvalue weighted by molar-refractivity contribution is 9.10. The Labute approximate surface area is 85.5 Å². The number of hydrogen-bond donors (Lipinski definition) is 1. The lowest BCUT2D eigenvalue weighted by molar-refractivity contribution is 0.229. The van der Waals surface area contributed by atoms with Crippen LogP contribution in [0.2, 0.25) is 0 Å². The molecule has 3 heteroatoms. The SMILES string of the molecule is CC1(c2ccc(Br)cc2F)CCN1. The van der Waals surface area contributed by atoms with Gasteiger partial charge in [0.05, 0.1) is 0 Å². The molecule has 0 spiro atoms. The second-order valence-corrected chi connectivity index (χ2v) is 4.55. The quantitative estimate of drug-likeness (QED) is 0.800. The molecule has 0 radical (unpaired) electrons. The van der Waals surface area contributed by atoms with Gasteiger partial charge in [0, 0.05) is 15.6 Å². The lowest BCUT2D eigenvalue weighted by atomic mass is 9.82. The van der Waals surface area contributed by atoms with E-state index >= 15 is 0 Å². The summed E-state index contributed by atoms with van der Waals surface area (Å²) in [6, 6.07) is 5.23. The molecule has 1 fully saturated rings. The summed E-state index contributed by atoms with van der Waals surface area (Å²) in [4.78, 5) is 0. The Morgan fingerprint density at radius 2 is 2.23 bits per heavy atom. The maximum atomic E-state index is 13.5. The molecule has 0 saturated carbocycles. The van der Waals surface area contributed by atoms with Crippen LogP contribution in [0.3, 0.4) is 0 Å². The average molecular weight is 244 g/mol. The van der Waals surface area contributed by atoms with E-state index in [0.29, 0.717) is 0 Å². The third-order valence-electron chi connectivity index (χ3n) is 2.67. The van der Waals surface area contributed by atoms with E-state index in [1.165, 1.54) is 6.07 Å². The predicted molar refractivity (Wildman–Crippen MR) is 54.1 cm³/mol. The molecule has 1 saturated heterocycles. The predicted octanol–water partition coefficient (Wildman–Crippen LogP) is 2.80. The van der Waals surface area contributed by atoms with Gasteiger partial charge in [0.25, 0.3) is 0 Å². The van der Waals surface area contributed by atoms with Gasteiger partial charge in [-0.15, -0.1) is 0 Å². The van der Waals surface area contributed by atoms with Crippen LogP contribution in [0.4, 0.5) is 4.39 Å². The Kier molecular flexibility index (Phi) is 2.16. The van der Waals surface area contributed by atoms with Gasteiger partial charge >= 0.3 is 0 Å². The highest BCUT2D eigenvalue weighted by Crippen LogP contribution is 2.33. The second kappa shape index (κ2) is 3.07. The summed E-state index contributed by atoms with van der Waals surface area (Å²) < 4.78 is 14.3. The maximum Gasteiger partial charge on any atom is 0.129 e. The van der Waals surface area contributed by atoms with Crippen molar-refractivity contribution in [2.24, 2.45) is 0 Å². The van der Waals surface area contributed by atoms with E-state index in [1.807, 2.05) is 19.1 Å². The van der Waals surface area contributed by atoms with Crippen LogP contribution in [-0.2, 0) is 5.54 Å². The van der Waals surface area contributed by atoms with Gasteiger partial charge in [-0.2, -0.15) is 0 Å². The molecule has 1 aliphatic rings. The zero-order valence-electron chi connectivity index (χ0n) is 7.40. The average Bonchev–Trinajstić information content (AvgIpc) is 2.00. The summed E-state index contributed by atoms with van der Waals surface area (Å²) in [5, 5.41) is 3.24. The van der Waals surface area contributed by atoms with E-state index in [1.54, 1.807) is 0 Å². The molecule has 0 amide bonds. The normalized spacial score (nSPS) is 27.0. The van der Waals surface area contributed by atoms with Crippen molar-refractivity contribution in [2.45, 2.75) is 18.9 Å². The van der Waals surface area contributed by atoms with Crippen molar-refractivity contribution < 1.29 is 4.39 Å². The lowest BCUT2D eigenvalue weighted by Gasteiger charge is -2.40. The van der Waals surface area contributed by atoms with Gasteiger partial charge in [0.2, 0.25) is 0 Å². The summed E-state index contributed by atoms with van der Waals surface area (Å²) in [5.74, 6) is -0.135. The summed E-state index contributed by atoms with van der Waals surface area (Å²) in [7, 11) is 0. The standard InChI is InChI=1S/C10H11BrFN/c1-10(4-5-13-10)8-3-2-7(11)6-9(8)12/h2-3,6,13H,4-5H2,1H3. The number of hydrogen-bond acceptors (Lipinski definition) is 1. The van der Waals surface area contributed by atoms with Crippen LogP contribution in [0, 0.1) is 5.82 Å². The summed E-state index contributed by atoms with van der Waals surface area (Å²) >= 11 is 3.24. The Morgan fingerprint density at radius 1 is 1.54 bits per heavy atom. The fraction of sp³-hybridized carbons (Fsp3) is 0.400. The minimum atomic E-state index is -0.148. The Hall–Kier alpha value is -0.410. The zero-order chi connectivity index (χ0) is 9.47. The Morgan fingerprint density at radius 3 is 2.69 bits per heavy atom. The van der Waals surface area contributed by atoms with Crippen LogP contribution >= 0.6 is 15.9 Å². The van der Waals surface area contributed by atoms with Gasteiger partial charge in [0.1, 0.15) is 5.82 Å². The van der Waals surface area contributed by atoms with Crippen LogP contribution in [0.15, 0.2) is 22.7 Å². The third-order valence-corrected chi connectivity index (χ3v) is 3.16. The molecule has 13 heavy (non-hydrogen) atoms. The van der Waals surface area contributed by atoms with Crippen LogP contribution in [0.25, 0.3) is 0 Å². The molecular formula is C10H11BrFN. The molecule has 0 bridgehead atoms. The Balaban J connectivity index is 2.40. The van der Waals surface area contributed by atoms with E-state index in [-0.39, 0.29) is 11.4 Å². The van der Waals surface area contributed by atoms with E-state index in [4.69, 9.17) is 0 Å². The lowest BCUT2D eigenvalue weighted by Crippen LogP contribution is -2.52. The maximum absolute atomic E-state index is 13.5. The second-order valence-electron chi connectivity index (χ2n) is 3.63. The molecule has 1 aromatic rings. The highest BCUT2D eigenvalue weighted by atomic mass is 79.9. The van der Waals surface area contributed by atoms with Crippen molar-refractivity contribution in [1.29, 1.82) is 0 Å². The third kappa shape index (κ3) is 1.51. The van der Waals surface area contributed by atoms with Gasteiger partial charge in [-0.1, -0.05) is 22.0 Å². The van der Waals surface area contributed by atoms with Crippen LogP contribution in [-0.4, -0.2) is 6.54 Å². The smallest absolute Gasteiger partial charge is 0.129 e. The number of benzene rings is 1. The van der Waals surface area contributed by atoms with Gasteiger partial charge < -0.3 is 5.32 Å². The van der Waals surface area contributed by atoms with Crippen molar-refractivity contribution in [2.75, 3.05) is 6.54 Å². The van der Waals surface area contributed by atoms with Crippen LogP contribution in [0.1, 0.15) is 18.9 Å². The van der Waals surface area contributed by atoms with E-state index in [2.05, 4.69) is 21.2 Å². The van der Waals surface area contributed by atoms with Gasteiger partial charge in [-0.25, -0.2) is 4.39 Å². The van der Waals surface area contributed by atoms with E-state index < -0.39 is 0 Å². The number of nitrogens with one attached hydrogen (secondary N) is 1. The van der Waals surface area contributed by atoms with Crippen molar-refractivity contribution in [3.63, 3.8) is 0 Å². The molecule has 2 rings (SSSR count). The van der Waals surface area contributed by atoms with Crippen molar-refractivity contribution in [3.05, 3.63) is 34.1 Å². The molecule has 0 aliphatic carbocycles. The molecule has 1 heterocycles. The number of halogens is 2. The summed E-state index contributed by atoms with van der Waals surface area (Å²) in [6.45, 7) is 3.01. The largest absolute Gasteiger partial charge is 0.307 e. The zero-order valence-corrected chi connectivity index (χ0v) is 8.99. The molecule has 70 valence electrons. The fourth-order valence-corrected chi connectivity index (χ4v) is 2.00. The minimum Gasteiger partial charge on any atom is -0.307 e. The molecule has 1 aliphatic heterocycles. The number of rotatable bonds is 1. The van der Waals surface area contributed by atoms with Crippen molar-refractivity contribution in [3.8, 4) is 0 Å². The first-order valence-corrected chi connectivity index (χ1v) is 5.12. The highest BCUT2D eigenvalue weighted by Gasteiger charge is 2.34. The summed E-state index contributed by atoms with van der Waals surface area (Å²) in [5.41, 5.74) is 0.618. The molecule has 1 unspecified atom stereocenters. The van der Waals surface area contributed by atoms with Gasteiger partial charge in [0.15, 0.2) is 0 Å². The van der Waals surface area contributed by atoms with E-state index in [0.717, 1.165) is 23.0 Å². The fourth-order valence-electron chi connectivity index (χ4n) is 1.67. The van der Waals surface area contributed by atoms with Gasteiger partial charge in [-0.3, -0.25) is 0 Å². The summed E-state index contributed by atoms with van der Waals surface area (Å²) in [6.07, 6.45) is 1.01. The monoisotopic (exact) mass is 243 g/mol. The van der Waals surface area contributed by atoms with Crippen LogP contribution in [0.5, 0.6) is 0 Å². The topological polar surface area (TPSA) is 12.0 Å². The Bertz CT molecular complexity index is 334. The first-order chi connectivity index (χ1) is 6.12. The first kappa shape index (κ1) is 9.16. The van der Waals surface area contributed by atoms with Gasteiger partial charge in [-0.05, 0) is 32.0 Å². The molecule has 1 aromatic carbocycles. The minimum absolute atomic E-state index is 0.135. The molecular weight excluding hydrogens is 233 g/mol.